The third-order valence-corrected chi connectivity index (χ3v) is 6.65. The lowest BCUT2D eigenvalue weighted by Gasteiger charge is -2.25. The van der Waals surface area contributed by atoms with E-state index in [9.17, 15) is 0 Å². The molecule has 2 aliphatic carbocycles. The average Bonchev–Trinajstić information content (AvgIpc) is 3.61. The summed E-state index contributed by atoms with van der Waals surface area (Å²) in [6.07, 6.45) is 9.67. The topological polar surface area (TPSA) is 33.4 Å². The van der Waals surface area contributed by atoms with Crippen molar-refractivity contribution in [3.63, 3.8) is 0 Å². The van der Waals surface area contributed by atoms with Crippen molar-refractivity contribution in [3.05, 3.63) is 41.7 Å². The molecular formula is C23H28N4S. The molecule has 0 saturated heterocycles. The second-order valence-electron chi connectivity index (χ2n) is 8.50. The highest BCUT2D eigenvalue weighted by atomic mass is 32.2. The Bertz CT molecular complexity index is 1000. The molecule has 3 aromatic rings. The minimum atomic E-state index is 0.870. The fourth-order valence-electron chi connectivity index (χ4n) is 4.12. The zero-order valence-electron chi connectivity index (χ0n) is 17.0. The van der Waals surface area contributed by atoms with Gasteiger partial charge in [0.1, 0.15) is 5.03 Å². The monoisotopic (exact) mass is 392 g/mol. The molecule has 2 saturated carbocycles. The van der Waals surface area contributed by atoms with Crippen molar-refractivity contribution in [2.75, 3.05) is 24.2 Å². The molecule has 2 aliphatic rings. The van der Waals surface area contributed by atoms with Crippen molar-refractivity contribution >= 4 is 23.0 Å². The Hall–Kier alpha value is -2.01. The predicted octanol–water partition coefficient (Wildman–Crippen LogP) is 5.36. The number of nitrogens with zero attached hydrogens (tertiary/aromatic N) is 4. The van der Waals surface area contributed by atoms with Crippen LogP contribution in [0.3, 0.4) is 0 Å². The second-order valence-corrected chi connectivity index (χ2v) is 9.29. The Labute approximate surface area is 171 Å². The van der Waals surface area contributed by atoms with Crippen LogP contribution in [0.5, 0.6) is 0 Å². The van der Waals surface area contributed by atoms with Gasteiger partial charge in [0.15, 0.2) is 0 Å². The van der Waals surface area contributed by atoms with Gasteiger partial charge in [0, 0.05) is 30.5 Å². The maximum atomic E-state index is 5.06. The molecule has 5 heteroatoms. The first kappa shape index (κ1) is 18.0. The number of anilines is 1. The van der Waals surface area contributed by atoms with Crippen LogP contribution in [-0.4, -0.2) is 33.9 Å². The molecule has 0 aliphatic heterocycles. The summed E-state index contributed by atoms with van der Waals surface area (Å²) in [5.74, 6) is 1.74. The van der Waals surface area contributed by atoms with Gasteiger partial charge in [0.2, 0.25) is 0 Å². The SMILES string of the molecule is CSc1nn2c(-c3cnc(C)cc3C)cccc2c1N(CC1CC1)CC1CC1. The third kappa shape index (κ3) is 3.41. The van der Waals surface area contributed by atoms with Gasteiger partial charge < -0.3 is 4.90 Å². The molecule has 0 atom stereocenters. The largest absolute Gasteiger partial charge is 0.367 e. The molecule has 2 fully saturated rings. The molecule has 146 valence electrons. The smallest absolute Gasteiger partial charge is 0.142 e. The van der Waals surface area contributed by atoms with Crippen LogP contribution in [0.2, 0.25) is 0 Å². The predicted molar refractivity (Wildman–Crippen MR) is 117 cm³/mol. The number of thioether (sulfide) groups is 1. The Morgan fingerprint density at radius 2 is 1.82 bits per heavy atom. The zero-order chi connectivity index (χ0) is 19.3. The summed E-state index contributed by atoms with van der Waals surface area (Å²) in [4.78, 5) is 7.19. The fraction of sp³-hybridized carbons (Fsp3) is 0.478. The lowest BCUT2D eigenvalue weighted by Crippen LogP contribution is -2.28. The quantitative estimate of drug-likeness (QED) is 0.507. The van der Waals surface area contributed by atoms with Crippen LogP contribution in [0.1, 0.15) is 36.9 Å². The van der Waals surface area contributed by atoms with Gasteiger partial charge in [0.25, 0.3) is 0 Å². The van der Waals surface area contributed by atoms with Crippen LogP contribution in [0.15, 0.2) is 35.5 Å². The first-order valence-electron chi connectivity index (χ1n) is 10.4. The van der Waals surface area contributed by atoms with E-state index in [0.29, 0.717) is 0 Å². The van der Waals surface area contributed by atoms with Gasteiger partial charge in [-0.3, -0.25) is 4.98 Å². The van der Waals surface area contributed by atoms with Gasteiger partial charge in [0.05, 0.1) is 16.9 Å². The minimum Gasteiger partial charge on any atom is -0.367 e. The van der Waals surface area contributed by atoms with Crippen LogP contribution in [-0.2, 0) is 0 Å². The third-order valence-electron chi connectivity index (χ3n) is 5.98. The molecule has 0 N–H and O–H groups in total. The van der Waals surface area contributed by atoms with E-state index in [0.717, 1.165) is 33.8 Å². The second kappa shape index (κ2) is 7.11. The Kier molecular flexibility index (Phi) is 4.58. The Morgan fingerprint density at radius 1 is 1.11 bits per heavy atom. The highest BCUT2D eigenvalue weighted by Crippen LogP contribution is 2.41. The van der Waals surface area contributed by atoms with Crippen LogP contribution in [0.4, 0.5) is 5.69 Å². The average molecular weight is 393 g/mol. The number of rotatable bonds is 7. The summed E-state index contributed by atoms with van der Waals surface area (Å²) in [6.45, 7) is 6.57. The van der Waals surface area contributed by atoms with E-state index in [4.69, 9.17) is 5.10 Å². The number of hydrogen-bond donors (Lipinski definition) is 0. The maximum Gasteiger partial charge on any atom is 0.142 e. The number of pyridine rings is 2. The first-order chi connectivity index (χ1) is 13.6. The van der Waals surface area contributed by atoms with E-state index >= 15 is 0 Å². The lowest BCUT2D eigenvalue weighted by atomic mass is 10.1. The van der Waals surface area contributed by atoms with Crippen molar-refractivity contribution in [1.82, 2.24) is 14.6 Å². The summed E-state index contributed by atoms with van der Waals surface area (Å²) < 4.78 is 2.15. The summed E-state index contributed by atoms with van der Waals surface area (Å²) in [5, 5.41) is 6.20. The summed E-state index contributed by atoms with van der Waals surface area (Å²) in [6, 6.07) is 8.72. The molecule has 0 aromatic carbocycles. The van der Waals surface area contributed by atoms with Gasteiger partial charge >= 0.3 is 0 Å². The van der Waals surface area contributed by atoms with Gasteiger partial charge in [-0.2, -0.15) is 5.10 Å². The van der Waals surface area contributed by atoms with E-state index in [-0.39, 0.29) is 0 Å². The summed E-state index contributed by atoms with van der Waals surface area (Å²) in [5.41, 5.74) is 7.15. The number of aryl methyl sites for hydroxylation is 2. The molecule has 3 aromatic heterocycles. The van der Waals surface area contributed by atoms with Crippen molar-refractivity contribution in [1.29, 1.82) is 0 Å². The molecule has 28 heavy (non-hydrogen) atoms. The number of aromatic nitrogens is 3. The standard InChI is InChI=1S/C23H28N4S/c1-15-11-16(2)24-12-19(15)20-5-4-6-21-22(23(28-3)25-27(20)21)26(13-17-7-8-17)14-18-9-10-18/h4-6,11-12,17-18H,7-10,13-14H2,1-3H3. The van der Waals surface area contributed by atoms with Crippen molar-refractivity contribution in [2.24, 2.45) is 11.8 Å². The minimum absolute atomic E-state index is 0.870. The lowest BCUT2D eigenvalue weighted by molar-refractivity contribution is 0.676. The van der Waals surface area contributed by atoms with Crippen molar-refractivity contribution < 1.29 is 0 Å². The summed E-state index contributed by atoms with van der Waals surface area (Å²) >= 11 is 1.77. The van der Waals surface area contributed by atoms with E-state index in [2.05, 4.69) is 51.8 Å². The molecule has 0 amide bonds. The normalized spacial score (nSPS) is 16.7. The highest BCUT2D eigenvalue weighted by Gasteiger charge is 2.32. The van der Waals surface area contributed by atoms with Gasteiger partial charge in [-0.05, 0) is 81.4 Å². The van der Waals surface area contributed by atoms with E-state index in [1.165, 1.54) is 55.5 Å². The molecule has 4 nitrogen and oxygen atoms in total. The molecule has 3 heterocycles. The Morgan fingerprint density at radius 3 is 2.43 bits per heavy atom. The van der Waals surface area contributed by atoms with Gasteiger partial charge in [-0.1, -0.05) is 6.07 Å². The molecule has 0 unspecified atom stereocenters. The first-order valence-corrected chi connectivity index (χ1v) is 11.6. The van der Waals surface area contributed by atoms with Crippen LogP contribution >= 0.6 is 11.8 Å². The molecule has 0 spiro atoms. The molecule has 0 radical (unpaired) electrons. The van der Waals surface area contributed by atoms with Crippen LogP contribution < -0.4 is 4.90 Å². The Balaban J connectivity index is 1.65. The van der Waals surface area contributed by atoms with Crippen molar-refractivity contribution in [3.8, 4) is 11.3 Å². The van der Waals surface area contributed by atoms with E-state index in [1.54, 1.807) is 11.8 Å². The van der Waals surface area contributed by atoms with Crippen molar-refractivity contribution in [2.45, 2.75) is 44.6 Å². The van der Waals surface area contributed by atoms with E-state index < -0.39 is 0 Å². The van der Waals surface area contributed by atoms with Crippen LogP contribution in [0, 0.1) is 25.7 Å². The van der Waals surface area contributed by atoms with E-state index in [1.807, 2.05) is 13.1 Å². The fourth-order valence-corrected chi connectivity index (χ4v) is 4.71. The van der Waals surface area contributed by atoms with Gasteiger partial charge in [-0.15, -0.1) is 11.8 Å². The maximum absolute atomic E-state index is 5.06. The van der Waals surface area contributed by atoms with Crippen LogP contribution in [0.25, 0.3) is 16.8 Å². The van der Waals surface area contributed by atoms with Gasteiger partial charge in [-0.25, -0.2) is 4.52 Å². The molecular weight excluding hydrogens is 364 g/mol. The number of fused-ring (bicyclic) bond motifs is 1. The molecule has 5 rings (SSSR count). The molecule has 0 bridgehead atoms. The highest BCUT2D eigenvalue weighted by molar-refractivity contribution is 7.98. The summed E-state index contributed by atoms with van der Waals surface area (Å²) in [7, 11) is 0. The number of hydrogen-bond acceptors (Lipinski definition) is 4. The zero-order valence-corrected chi connectivity index (χ0v) is 17.8.